The molecule has 0 unspecified atom stereocenters. The van der Waals surface area contributed by atoms with Gasteiger partial charge in [0.15, 0.2) is 5.60 Å². The molecule has 1 amide bonds. The Morgan fingerprint density at radius 3 is 2.38 bits per heavy atom. The van der Waals surface area contributed by atoms with Crippen molar-refractivity contribution in [1.29, 1.82) is 0 Å². The molecule has 2 N–H and O–H groups in total. The molecule has 10 heteroatoms. The van der Waals surface area contributed by atoms with Crippen molar-refractivity contribution < 1.29 is 31.9 Å². The van der Waals surface area contributed by atoms with Gasteiger partial charge in [-0.25, -0.2) is 13.8 Å². The standard InChI is InChI=1S/C22H16F5N3O2/c1-21(32,22(25,26)27)12-5-6-13(28-9-12)7-11-8-16(19-14(23)3-2-4-15(19)24)30-17-10-29-20(31)18(11)17/h2-6,8-9,32H,7,10H2,1H3,(H,29,31)/t21-/m1/s1. The van der Waals surface area contributed by atoms with Crippen LogP contribution in [0.25, 0.3) is 11.3 Å². The number of nitrogens with zero attached hydrogens (tertiary/aromatic N) is 2. The first-order valence-corrected chi connectivity index (χ1v) is 9.49. The molecule has 166 valence electrons. The van der Waals surface area contributed by atoms with Gasteiger partial charge in [0.1, 0.15) is 11.6 Å². The van der Waals surface area contributed by atoms with Gasteiger partial charge in [-0.15, -0.1) is 0 Å². The molecule has 0 saturated heterocycles. The van der Waals surface area contributed by atoms with Gasteiger partial charge in [0.2, 0.25) is 0 Å². The minimum atomic E-state index is -4.89. The Kier molecular flexibility index (Phi) is 5.20. The number of aliphatic hydroxyl groups is 1. The smallest absolute Gasteiger partial charge is 0.376 e. The molecule has 0 spiro atoms. The first-order valence-electron chi connectivity index (χ1n) is 9.49. The molecule has 1 aromatic carbocycles. The maximum atomic E-state index is 14.3. The average molecular weight is 449 g/mol. The summed E-state index contributed by atoms with van der Waals surface area (Å²) in [5, 5.41) is 12.4. The maximum absolute atomic E-state index is 14.3. The molecule has 32 heavy (non-hydrogen) atoms. The van der Waals surface area contributed by atoms with Crippen LogP contribution in [0.1, 0.15) is 39.8 Å². The zero-order chi connectivity index (χ0) is 23.3. The third-order valence-corrected chi connectivity index (χ3v) is 5.35. The largest absolute Gasteiger partial charge is 0.421 e. The summed E-state index contributed by atoms with van der Waals surface area (Å²) in [5.74, 6) is -2.06. The monoisotopic (exact) mass is 449 g/mol. The highest BCUT2D eigenvalue weighted by Crippen LogP contribution is 2.38. The van der Waals surface area contributed by atoms with Gasteiger partial charge in [0.25, 0.3) is 5.91 Å². The lowest BCUT2D eigenvalue weighted by atomic mass is 9.95. The zero-order valence-corrected chi connectivity index (χ0v) is 16.6. The van der Waals surface area contributed by atoms with Crippen LogP contribution >= 0.6 is 0 Å². The third-order valence-electron chi connectivity index (χ3n) is 5.35. The van der Waals surface area contributed by atoms with E-state index in [0.29, 0.717) is 23.9 Å². The summed E-state index contributed by atoms with van der Waals surface area (Å²) < 4.78 is 67.7. The van der Waals surface area contributed by atoms with Crippen molar-refractivity contribution in [2.45, 2.75) is 31.7 Å². The minimum absolute atomic E-state index is 0.00418. The minimum Gasteiger partial charge on any atom is -0.376 e. The van der Waals surface area contributed by atoms with Gasteiger partial charge < -0.3 is 10.4 Å². The van der Waals surface area contributed by atoms with E-state index in [2.05, 4.69) is 15.3 Å². The van der Waals surface area contributed by atoms with E-state index in [1.54, 1.807) is 0 Å². The second-order valence-corrected chi connectivity index (χ2v) is 7.55. The van der Waals surface area contributed by atoms with Crippen LogP contribution in [0.3, 0.4) is 0 Å². The van der Waals surface area contributed by atoms with Crippen molar-refractivity contribution in [2.75, 3.05) is 0 Å². The third kappa shape index (κ3) is 3.70. The number of hydrogen-bond donors (Lipinski definition) is 2. The van der Waals surface area contributed by atoms with E-state index in [9.17, 15) is 31.9 Å². The lowest BCUT2D eigenvalue weighted by Gasteiger charge is -2.26. The summed E-state index contributed by atoms with van der Waals surface area (Å²) in [7, 11) is 0. The zero-order valence-electron chi connectivity index (χ0n) is 16.6. The van der Waals surface area contributed by atoms with Crippen LogP contribution in [0.4, 0.5) is 22.0 Å². The Labute approximate surface area is 179 Å². The molecule has 5 nitrogen and oxygen atoms in total. The Bertz CT molecular complexity index is 1190. The Morgan fingerprint density at radius 1 is 1.09 bits per heavy atom. The van der Waals surface area contributed by atoms with E-state index < -0.39 is 34.9 Å². The number of pyridine rings is 2. The number of aromatic nitrogens is 2. The number of nitrogens with one attached hydrogen (secondary N) is 1. The van der Waals surface area contributed by atoms with Crippen LogP contribution in [0.15, 0.2) is 42.6 Å². The fourth-order valence-corrected chi connectivity index (χ4v) is 3.50. The SMILES string of the molecule is C[C@@](O)(c1ccc(Cc2cc(-c3c(F)cccc3F)nc3c2C(=O)NC3)nc1)C(F)(F)F. The number of carbonyl (C=O) groups excluding carboxylic acids is 1. The van der Waals surface area contributed by atoms with Crippen LogP contribution in [0.5, 0.6) is 0 Å². The van der Waals surface area contributed by atoms with Gasteiger partial charge in [-0.3, -0.25) is 9.78 Å². The van der Waals surface area contributed by atoms with E-state index in [4.69, 9.17) is 0 Å². The number of hydrogen-bond acceptors (Lipinski definition) is 4. The van der Waals surface area contributed by atoms with Crippen molar-refractivity contribution in [2.24, 2.45) is 0 Å². The summed E-state index contributed by atoms with van der Waals surface area (Å²) in [6.07, 6.45) is -3.99. The van der Waals surface area contributed by atoms with Gasteiger partial charge in [-0.1, -0.05) is 12.1 Å². The second kappa shape index (κ2) is 7.63. The summed E-state index contributed by atoms with van der Waals surface area (Å²) in [6, 6.07) is 7.14. The number of rotatable bonds is 4. The molecule has 1 aliphatic heterocycles. The fourth-order valence-electron chi connectivity index (χ4n) is 3.50. The summed E-state index contributed by atoms with van der Waals surface area (Å²) in [5.41, 5.74) is -2.68. The lowest BCUT2D eigenvalue weighted by Crippen LogP contribution is -2.39. The normalized spacial score (nSPS) is 15.3. The lowest BCUT2D eigenvalue weighted by molar-refractivity contribution is -0.259. The molecule has 0 aliphatic carbocycles. The summed E-state index contributed by atoms with van der Waals surface area (Å²) in [4.78, 5) is 20.5. The Balaban J connectivity index is 1.74. The highest BCUT2D eigenvalue weighted by Gasteiger charge is 2.51. The molecule has 3 heterocycles. The van der Waals surface area contributed by atoms with Crippen LogP contribution < -0.4 is 5.32 Å². The molecule has 0 fully saturated rings. The van der Waals surface area contributed by atoms with Crippen LogP contribution in [-0.4, -0.2) is 27.2 Å². The molecule has 1 atom stereocenters. The van der Waals surface area contributed by atoms with E-state index in [0.717, 1.165) is 24.4 Å². The Morgan fingerprint density at radius 2 is 1.78 bits per heavy atom. The number of fused-ring (bicyclic) bond motifs is 1. The van der Waals surface area contributed by atoms with Gasteiger partial charge >= 0.3 is 6.18 Å². The predicted molar refractivity (Wildman–Crippen MR) is 103 cm³/mol. The van der Waals surface area contributed by atoms with Gasteiger partial charge in [-0.2, -0.15) is 13.2 Å². The number of alkyl halides is 3. The number of carbonyl (C=O) groups is 1. The second-order valence-electron chi connectivity index (χ2n) is 7.55. The molecular formula is C22H16F5N3O2. The Hall–Kier alpha value is -3.40. The highest BCUT2D eigenvalue weighted by molar-refractivity contribution is 5.99. The molecule has 0 saturated carbocycles. The molecule has 4 rings (SSSR count). The number of halogens is 5. The van der Waals surface area contributed by atoms with Gasteiger partial charge in [0.05, 0.1) is 29.1 Å². The van der Waals surface area contributed by atoms with Crippen molar-refractivity contribution in [3.05, 3.63) is 82.3 Å². The molecule has 0 bridgehead atoms. The summed E-state index contributed by atoms with van der Waals surface area (Å²) >= 11 is 0. The predicted octanol–water partition coefficient (Wildman–Crippen LogP) is 4.03. The number of benzene rings is 1. The highest BCUT2D eigenvalue weighted by atomic mass is 19.4. The van der Waals surface area contributed by atoms with Crippen molar-refractivity contribution in [1.82, 2.24) is 15.3 Å². The molecular weight excluding hydrogens is 433 g/mol. The van der Waals surface area contributed by atoms with E-state index in [-0.39, 0.29) is 29.8 Å². The fraction of sp³-hybridized carbons (Fsp3) is 0.227. The van der Waals surface area contributed by atoms with Crippen LogP contribution in [0.2, 0.25) is 0 Å². The molecule has 1 aliphatic rings. The van der Waals surface area contributed by atoms with E-state index in [1.165, 1.54) is 18.2 Å². The van der Waals surface area contributed by atoms with Crippen LogP contribution in [-0.2, 0) is 18.6 Å². The van der Waals surface area contributed by atoms with Crippen molar-refractivity contribution in [3.63, 3.8) is 0 Å². The molecule has 0 radical (unpaired) electrons. The molecule has 2 aromatic heterocycles. The number of amides is 1. The quantitative estimate of drug-likeness (QED) is 0.590. The van der Waals surface area contributed by atoms with E-state index >= 15 is 0 Å². The average Bonchev–Trinajstić information content (AvgIpc) is 3.08. The molecule has 3 aromatic rings. The van der Waals surface area contributed by atoms with Crippen molar-refractivity contribution in [3.8, 4) is 11.3 Å². The van der Waals surface area contributed by atoms with Crippen LogP contribution in [0, 0.1) is 11.6 Å². The van der Waals surface area contributed by atoms with Gasteiger partial charge in [0, 0.05) is 23.9 Å². The van der Waals surface area contributed by atoms with Crippen molar-refractivity contribution >= 4 is 5.91 Å². The maximum Gasteiger partial charge on any atom is 0.421 e. The summed E-state index contributed by atoms with van der Waals surface area (Å²) in [6.45, 7) is 0.699. The topological polar surface area (TPSA) is 75.1 Å². The first-order chi connectivity index (χ1) is 15.0. The van der Waals surface area contributed by atoms with Gasteiger partial charge in [-0.05, 0) is 36.8 Å². The van der Waals surface area contributed by atoms with E-state index in [1.807, 2.05) is 0 Å². The first kappa shape index (κ1) is 21.8.